The van der Waals surface area contributed by atoms with Crippen LogP contribution in [0.5, 0.6) is 0 Å². The number of carbonyl (C=O) groups excluding carboxylic acids is 1. The Balaban J connectivity index is 2.26. The molecule has 1 aliphatic heterocycles. The van der Waals surface area contributed by atoms with Crippen molar-refractivity contribution < 1.29 is 13.2 Å². The molecule has 0 spiro atoms. The average molecular weight is 353 g/mol. The maximum atomic E-state index is 12.8. The van der Waals surface area contributed by atoms with E-state index < -0.39 is 10.0 Å². The Kier molecular flexibility index (Phi) is 6.40. The first kappa shape index (κ1) is 18.9. The van der Waals surface area contributed by atoms with Crippen molar-refractivity contribution in [3.05, 3.63) is 29.3 Å². The first-order valence-electron chi connectivity index (χ1n) is 8.78. The lowest BCUT2D eigenvalue weighted by molar-refractivity contribution is 0.0937. The van der Waals surface area contributed by atoms with Crippen LogP contribution in [0.4, 0.5) is 0 Å². The van der Waals surface area contributed by atoms with E-state index in [2.05, 4.69) is 12.2 Å². The van der Waals surface area contributed by atoms with Gasteiger partial charge in [0.25, 0.3) is 5.91 Å². The van der Waals surface area contributed by atoms with E-state index in [4.69, 9.17) is 0 Å². The molecule has 0 radical (unpaired) electrons. The first-order chi connectivity index (χ1) is 11.4. The van der Waals surface area contributed by atoms with Crippen LogP contribution < -0.4 is 5.32 Å². The Hall–Kier alpha value is -1.40. The molecule has 5 nitrogen and oxygen atoms in total. The fourth-order valence-corrected chi connectivity index (χ4v) is 4.61. The van der Waals surface area contributed by atoms with Gasteiger partial charge in [-0.05, 0) is 50.8 Å². The van der Waals surface area contributed by atoms with Crippen LogP contribution in [0.15, 0.2) is 23.1 Å². The minimum Gasteiger partial charge on any atom is -0.350 e. The standard InChI is InChI=1S/C18H28N2O3S/c1-4-8-15(3)19-18(21)17-13-16(10-9-14(17)2)24(22,23)20-11-6-5-7-12-20/h9-10,13,15H,4-8,11-12H2,1-3H3,(H,19,21)/t15-/m0/s1. The van der Waals surface area contributed by atoms with Crippen molar-refractivity contribution in [1.82, 2.24) is 9.62 Å². The number of carbonyl (C=O) groups is 1. The highest BCUT2D eigenvalue weighted by Crippen LogP contribution is 2.23. The molecule has 134 valence electrons. The molecule has 0 bridgehead atoms. The molecule has 1 aromatic carbocycles. The van der Waals surface area contributed by atoms with Gasteiger partial charge in [0.1, 0.15) is 0 Å². The molecule has 1 aliphatic rings. The largest absolute Gasteiger partial charge is 0.350 e. The van der Waals surface area contributed by atoms with Gasteiger partial charge < -0.3 is 5.32 Å². The molecule has 0 unspecified atom stereocenters. The smallest absolute Gasteiger partial charge is 0.251 e. The van der Waals surface area contributed by atoms with E-state index in [1.54, 1.807) is 12.1 Å². The van der Waals surface area contributed by atoms with Gasteiger partial charge in [0.2, 0.25) is 10.0 Å². The predicted molar refractivity (Wildman–Crippen MR) is 95.6 cm³/mol. The summed E-state index contributed by atoms with van der Waals surface area (Å²) in [4.78, 5) is 12.7. The number of amides is 1. The molecule has 0 aromatic heterocycles. The van der Waals surface area contributed by atoms with Crippen molar-refractivity contribution in [3.63, 3.8) is 0 Å². The zero-order valence-electron chi connectivity index (χ0n) is 14.8. The zero-order chi connectivity index (χ0) is 17.7. The number of benzene rings is 1. The molecule has 1 atom stereocenters. The summed E-state index contributed by atoms with van der Waals surface area (Å²) in [6.07, 6.45) is 4.75. The summed E-state index contributed by atoms with van der Waals surface area (Å²) in [5, 5.41) is 2.95. The van der Waals surface area contributed by atoms with Gasteiger partial charge in [-0.3, -0.25) is 4.79 Å². The molecule has 1 heterocycles. The van der Waals surface area contributed by atoms with Gasteiger partial charge in [0.15, 0.2) is 0 Å². The summed E-state index contributed by atoms with van der Waals surface area (Å²) in [7, 11) is -3.52. The number of aryl methyl sites for hydroxylation is 1. The van der Waals surface area contributed by atoms with E-state index in [0.29, 0.717) is 18.7 Å². The number of hydrogen-bond donors (Lipinski definition) is 1. The molecule has 1 aromatic rings. The Morgan fingerprint density at radius 1 is 1.25 bits per heavy atom. The average Bonchev–Trinajstić information content (AvgIpc) is 2.56. The molecule has 24 heavy (non-hydrogen) atoms. The van der Waals surface area contributed by atoms with E-state index >= 15 is 0 Å². The number of nitrogens with zero attached hydrogens (tertiary/aromatic N) is 1. The Labute approximate surface area is 145 Å². The van der Waals surface area contributed by atoms with Crippen LogP contribution >= 0.6 is 0 Å². The van der Waals surface area contributed by atoms with Crippen molar-refractivity contribution in [3.8, 4) is 0 Å². The monoisotopic (exact) mass is 352 g/mol. The summed E-state index contributed by atoms with van der Waals surface area (Å²) in [5.74, 6) is -0.204. The summed E-state index contributed by atoms with van der Waals surface area (Å²) < 4.78 is 27.1. The maximum absolute atomic E-state index is 12.8. The van der Waals surface area contributed by atoms with Gasteiger partial charge in [-0.25, -0.2) is 8.42 Å². The first-order valence-corrected chi connectivity index (χ1v) is 10.2. The molecule has 1 N–H and O–H groups in total. The lowest BCUT2D eigenvalue weighted by atomic mass is 10.1. The van der Waals surface area contributed by atoms with Crippen LogP contribution in [0.25, 0.3) is 0 Å². The third-order valence-electron chi connectivity index (χ3n) is 4.51. The Bertz CT molecular complexity index is 680. The number of nitrogens with one attached hydrogen (secondary N) is 1. The van der Waals surface area contributed by atoms with Gasteiger partial charge in [-0.1, -0.05) is 25.8 Å². The summed E-state index contributed by atoms with van der Waals surface area (Å²) in [6.45, 7) is 6.98. The maximum Gasteiger partial charge on any atom is 0.251 e. The molecule has 1 amide bonds. The fourth-order valence-electron chi connectivity index (χ4n) is 3.07. The van der Waals surface area contributed by atoms with Crippen molar-refractivity contribution in [2.45, 2.75) is 63.8 Å². The van der Waals surface area contributed by atoms with E-state index in [9.17, 15) is 13.2 Å². The molecular weight excluding hydrogens is 324 g/mol. The van der Waals surface area contributed by atoms with Crippen LogP contribution in [0.3, 0.4) is 0 Å². The number of rotatable bonds is 6. The van der Waals surface area contributed by atoms with E-state index in [0.717, 1.165) is 37.7 Å². The lowest BCUT2D eigenvalue weighted by Crippen LogP contribution is -2.36. The van der Waals surface area contributed by atoms with Crippen molar-refractivity contribution in [2.24, 2.45) is 0 Å². The summed E-state index contributed by atoms with van der Waals surface area (Å²) >= 11 is 0. The van der Waals surface area contributed by atoms with Gasteiger partial charge in [-0.2, -0.15) is 4.31 Å². The Morgan fingerprint density at radius 3 is 2.54 bits per heavy atom. The van der Waals surface area contributed by atoms with Crippen LogP contribution in [0.2, 0.25) is 0 Å². The topological polar surface area (TPSA) is 66.5 Å². The van der Waals surface area contributed by atoms with Gasteiger partial charge in [0.05, 0.1) is 4.90 Å². The van der Waals surface area contributed by atoms with Crippen LogP contribution in [-0.4, -0.2) is 37.8 Å². The molecule has 2 rings (SSSR count). The highest BCUT2D eigenvalue weighted by Gasteiger charge is 2.27. The number of piperidine rings is 1. The number of hydrogen-bond acceptors (Lipinski definition) is 3. The molecule has 1 fully saturated rings. The highest BCUT2D eigenvalue weighted by atomic mass is 32.2. The summed E-state index contributed by atoms with van der Waals surface area (Å²) in [5.41, 5.74) is 1.23. The lowest BCUT2D eigenvalue weighted by Gasteiger charge is -2.26. The number of sulfonamides is 1. The van der Waals surface area contributed by atoms with Gasteiger partial charge in [0, 0.05) is 24.7 Å². The predicted octanol–water partition coefficient (Wildman–Crippen LogP) is 3.09. The van der Waals surface area contributed by atoms with Crippen molar-refractivity contribution in [1.29, 1.82) is 0 Å². The van der Waals surface area contributed by atoms with Crippen molar-refractivity contribution >= 4 is 15.9 Å². The molecular formula is C18H28N2O3S. The van der Waals surface area contributed by atoms with Gasteiger partial charge in [-0.15, -0.1) is 0 Å². The SMILES string of the molecule is CCC[C@H](C)NC(=O)c1cc(S(=O)(=O)N2CCCCC2)ccc1C. The second-order valence-corrected chi connectivity index (χ2v) is 8.54. The second kappa shape index (κ2) is 8.12. The summed E-state index contributed by atoms with van der Waals surface area (Å²) in [6, 6.07) is 4.92. The Morgan fingerprint density at radius 2 is 1.92 bits per heavy atom. The quantitative estimate of drug-likeness (QED) is 0.855. The molecule has 0 saturated carbocycles. The third-order valence-corrected chi connectivity index (χ3v) is 6.40. The fraction of sp³-hybridized carbons (Fsp3) is 0.611. The highest BCUT2D eigenvalue weighted by molar-refractivity contribution is 7.89. The van der Waals surface area contributed by atoms with Crippen LogP contribution in [0.1, 0.15) is 61.9 Å². The van der Waals surface area contributed by atoms with Crippen LogP contribution in [-0.2, 0) is 10.0 Å². The normalized spacial score (nSPS) is 17.5. The van der Waals surface area contributed by atoms with Gasteiger partial charge >= 0.3 is 0 Å². The third kappa shape index (κ3) is 4.36. The van der Waals surface area contributed by atoms with E-state index in [1.165, 1.54) is 10.4 Å². The second-order valence-electron chi connectivity index (χ2n) is 6.60. The molecule has 0 aliphatic carbocycles. The minimum atomic E-state index is -3.52. The minimum absolute atomic E-state index is 0.0734. The van der Waals surface area contributed by atoms with E-state index in [1.807, 2.05) is 13.8 Å². The molecule has 6 heteroatoms. The van der Waals surface area contributed by atoms with E-state index in [-0.39, 0.29) is 16.8 Å². The van der Waals surface area contributed by atoms with Crippen molar-refractivity contribution in [2.75, 3.05) is 13.1 Å². The molecule has 1 saturated heterocycles. The zero-order valence-corrected chi connectivity index (χ0v) is 15.7. The van der Waals surface area contributed by atoms with Crippen LogP contribution in [0, 0.1) is 6.92 Å².